The van der Waals surface area contributed by atoms with E-state index in [9.17, 15) is 10.1 Å². The highest BCUT2D eigenvalue weighted by Gasteiger charge is 2.22. The summed E-state index contributed by atoms with van der Waals surface area (Å²) in [7, 11) is 0. The lowest BCUT2D eigenvalue weighted by Crippen LogP contribution is -2.15. The smallest absolute Gasteiger partial charge is 0.235 e. The van der Waals surface area contributed by atoms with Crippen molar-refractivity contribution in [1.82, 2.24) is 14.8 Å². The van der Waals surface area contributed by atoms with E-state index >= 15 is 0 Å². The van der Waals surface area contributed by atoms with Crippen molar-refractivity contribution in [2.24, 2.45) is 0 Å². The Kier molecular flexibility index (Phi) is 7.68. The van der Waals surface area contributed by atoms with Gasteiger partial charge in [0.25, 0.3) is 0 Å². The monoisotopic (exact) mass is 481 g/mol. The van der Waals surface area contributed by atoms with Crippen LogP contribution in [0.5, 0.6) is 5.75 Å². The summed E-state index contributed by atoms with van der Waals surface area (Å²) < 4.78 is 7.97. The standard InChI is InChI=1S/C24H27N5O2S2/c1-3-29-22(16(2)31-17-10-6-4-7-11-17)27-28-24(29)32-15-21(30)26-23-19(14-25)18-12-8-5-9-13-20(18)33-23/h4,6-7,10-11,16H,3,5,8-9,12-13,15H2,1-2H3,(H,26,30). The maximum atomic E-state index is 12.7. The molecule has 1 amide bonds. The van der Waals surface area contributed by atoms with Gasteiger partial charge in [-0.1, -0.05) is 36.4 Å². The SMILES string of the molecule is CCn1c(SCC(=O)Nc2sc3c(c2C#N)CCCCC3)nnc1C(C)Oc1ccccc1. The minimum atomic E-state index is -0.275. The van der Waals surface area contributed by atoms with Gasteiger partial charge in [0.1, 0.15) is 16.8 Å². The zero-order valence-corrected chi connectivity index (χ0v) is 20.5. The minimum absolute atomic E-state index is 0.145. The van der Waals surface area contributed by atoms with Gasteiger partial charge in [0.15, 0.2) is 17.1 Å². The number of nitrogens with zero attached hydrogens (tertiary/aromatic N) is 4. The number of benzene rings is 1. The van der Waals surface area contributed by atoms with Gasteiger partial charge in [-0.15, -0.1) is 21.5 Å². The fourth-order valence-electron chi connectivity index (χ4n) is 4.00. The van der Waals surface area contributed by atoms with Crippen LogP contribution in [0.3, 0.4) is 0 Å². The Balaban J connectivity index is 1.40. The summed E-state index contributed by atoms with van der Waals surface area (Å²) in [6.07, 6.45) is 5.07. The molecule has 1 unspecified atom stereocenters. The van der Waals surface area contributed by atoms with Crippen LogP contribution >= 0.6 is 23.1 Å². The fourth-order valence-corrected chi connectivity index (χ4v) is 6.07. The third-order valence-corrected chi connectivity index (χ3v) is 7.77. The average Bonchev–Trinajstić information content (AvgIpc) is 3.30. The molecular weight excluding hydrogens is 454 g/mol. The number of fused-ring (bicyclic) bond motifs is 1. The highest BCUT2D eigenvalue weighted by atomic mass is 32.2. The summed E-state index contributed by atoms with van der Waals surface area (Å²) in [6, 6.07) is 11.9. The topological polar surface area (TPSA) is 92.8 Å². The van der Waals surface area contributed by atoms with E-state index in [4.69, 9.17) is 4.74 Å². The molecule has 9 heteroatoms. The van der Waals surface area contributed by atoms with Crippen LogP contribution in [0.25, 0.3) is 0 Å². The third-order valence-electron chi connectivity index (χ3n) is 5.60. The van der Waals surface area contributed by atoms with Crippen molar-refractivity contribution in [3.8, 4) is 11.8 Å². The van der Waals surface area contributed by atoms with Crippen molar-refractivity contribution in [2.75, 3.05) is 11.1 Å². The molecule has 2 heterocycles. The first-order valence-corrected chi connectivity index (χ1v) is 13.0. The molecule has 2 aromatic heterocycles. The Hall–Kier alpha value is -2.83. The molecule has 0 aliphatic heterocycles. The maximum Gasteiger partial charge on any atom is 0.235 e. The van der Waals surface area contributed by atoms with Crippen LogP contribution in [-0.2, 0) is 24.2 Å². The van der Waals surface area contributed by atoms with Crippen LogP contribution in [0.1, 0.15) is 61.0 Å². The van der Waals surface area contributed by atoms with Crippen LogP contribution in [0.15, 0.2) is 35.5 Å². The van der Waals surface area contributed by atoms with Crippen molar-refractivity contribution >= 4 is 34.0 Å². The van der Waals surface area contributed by atoms with E-state index in [0.29, 0.717) is 22.3 Å². The number of aromatic nitrogens is 3. The summed E-state index contributed by atoms with van der Waals surface area (Å²) in [5, 5.41) is 22.6. The number of nitriles is 1. The van der Waals surface area contributed by atoms with Crippen molar-refractivity contribution < 1.29 is 9.53 Å². The van der Waals surface area contributed by atoms with Crippen LogP contribution in [0.4, 0.5) is 5.00 Å². The van der Waals surface area contributed by atoms with Crippen molar-refractivity contribution in [2.45, 2.75) is 63.8 Å². The number of ether oxygens (including phenoxy) is 1. The lowest BCUT2D eigenvalue weighted by atomic mass is 10.1. The molecule has 0 saturated carbocycles. The number of anilines is 1. The molecule has 1 aliphatic rings. The fraction of sp³-hybridized carbons (Fsp3) is 0.417. The van der Waals surface area contributed by atoms with Gasteiger partial charge in [0.05, 0.1) is 11.3 Å². The molecule has 172 valence electrons. The predicted molar refractivity (Wildman–Crippen MR) is 131 cm³/mol. The van der Waals surface area contributed by atoms with Crippen LogP contribution < -0.4 is 10.1 Å². The first-order chi connectivity index (χ1) is 16.1. The zero-order valence-electron chi connectivity index (χ0n) is 18.8. The molecule has 1 aromatic carbocycles. The second-order valence-electron chi connectivity index (χ2n) is 7.88. The molecule has 0 spiro atoms. The van der Waals surface area contributed by atoms with E-state index in [1.54, 1.807) is 11.3 Å². The van der Waals surface area contributed by atoms with Crippen LogP contribution in [0.2, 0.25) is 0 Å². The van der Waals surface area contributed by atoms with Gasteiger partial charge in [-0.2, -0.15) is 5.26 Å². The number of hydrogen-bond acceptors (Lipinski definition) is 7. The maximum absolute atomic E-state index is 12.7. The van der Waals surface area contributed by atoms with Gasteiger partial charge in [-0.3, -0.25) is 4.79 Å². The van der Waals surface area contributed by atoms with E-state index in [-0.39, 0.29) is 17.8 Å². The van der Waals surface area contributed by atoms with Gasteiger partial charge >= 0.3 is 0 Å². The predicted octanol–water partition coefficient (Wildman–Crippen LogP) is 5.37. The van der Waals surface area contributed by atoms with Gasteiger partial charge < -0.3 is 14.6 Å². The number of nitrogens with one attached hydrogen (secondary N) is 1. The molecule has 33 heavy (non-hydrogen) atoms. The molecular formula is C24H27N5O2S2. The zero-order chi connectivity index (χ0) is 23.2. The van der Waals surface area contributed by atoms with E-state index in [0.717, 1.165) is 42.8 Å². The van der Waals surface area contributed by atoms with Gasteiger partial charge in [0, 0.05) is 11.4 Å². The second-order valence-corrected chi connectivity index (χ2v) is 9.92. The van der Waals surface area contributed by atoms with Crippen LogP contribution in [0, 0.1) is 11.3 Å². The number of hydrogen-bond donors (Lipinski definition) is 1. The van der Waals surface area contributed by atoms with E-state index in [1.807, 2.05) is 48.7 Å². The van der Waals surface area contributed by atoms with E-state index in [2.05, 4.69) is 21.6 Å². The Labute approximate surface area is 202 Å². The average molecular weight is 482 g/mol. The van der Waals surface area contributed by atoms with Crippen molar-refractivity contribution in [1.29, 1.82) is 5.26 Å². The number of thioether (sulfide) groups is 1. The molecule has 1 aliphatic carbocycles. The Bertz CT molecular complexity index is 1150. The number of carbonyl (C=O) groups is 1. The number of rotatable bonds is 8. The number of para-hydroxylation sites is 1. The first-order valence-electron chi connectivity index (χ1n) is 11.2. The lowest BCUT2D eigenvalue weighted by Gasteiger charge is -2.15. The third kappa shape index (κ3) is 5.40. The summed E-state index contributed by atoms with van der Waals surface area (Å²) in [4.78, 5) is 13.9. The molecule has 3 aromatic rings. The van der Waals surface area contributed by atoms with E-state index < -0.39 is 0 Å². The molecule has 0 bridgehead atoms. The molecule has 0 saturated heterocycles. The van der Waals surface area contributed by atoms with Gasteiger partial charge in [-0.25, -0.2) is 0 Å². The summed E-state index contributed by atoms with van der Waals surface area (Å²) in [6.45, 7) is 4.63. The lowest BCUT2D eigenvalue weighted by molar-refractivity contribution is -0.113. The Morgan fingerprint density at radius 1 is 1.27 bits per heavy atom. The number of aryl methyl sites for hydroxylation is 1. The number of carbonyl (C=O) groups excluding carboxylic acids is 1. The highest BCUT2D eigenvalue weighted by Crippen LogP contribution is 2.37. The summed E-state index contributed by atoms with van der Waals surface area (Å²) in [5.41, 5.74) is 1.77. The van der Waals surface area contributed by atoms with Crippen molar-refractivity contribution in [3.05, 3.63) is 52.2 Å². The minimum Gasteiger partial charge on any atom is -0.483 e. The molecule has 1 atom stereocenters. The van der Waals surface area contributed by atoms with Crippen molar-refractivity contribution in [3.63, 3.8) is 0 Å². The molecule has 4 rings (SSSR count). The summed E-state index contributed by atoms with van der Waals surface area (Å²) >= 11 is 2.89. The highest BCUT2D eigenvalue weighted by molar-refractivity contribution is 7.99. The van der Waals surface area contributed by atoms with Crippen LogP contribution in [-0.4, -0.2) is 26.4 Å². The normalized spacial score (nSPS) is 14.1. The first kappa shape index (κ1) is 23.3. The summed E-state index contributed by atoms with van der Waals surface area (Å²) in [5.74, 6) is 1.54. The number of thiophene rings is 1. The van der Waals surface area contributed by atoms with Gasteiger partial charge in [-0.05, 0) is 57.2 Å². The number of amides is 1. The molecule has 0 fully saturated rings. The largest absolute Gasteiger partial charge is 0.483 e. The molecule has 7 nitrogen and oxygen atoms in total. The molecule has 0 radical (unpaired) electrons. The van der Waals surface area contributed by atoms with E-state index in [1.165, 1.54) is 23.1 Å². The quantitative estimate of drug-likeness (QED) is 0.343. The second kappa shape index (κ2) is 10.9. The Morgan fingerprint density at radius 3 is 2.82 bits per heavy atom. The molecule has 1 N–H and O–H groups in total. The van der Waals surface area contributed by atoms with Gasteiger partial charge in [0.2, 0.25) is 5.91 Å². The Morgan fingerprint density at radius 2 is 2.06 bits per heavy atom.